The number of hydrogen-bond donors (Lipinski definition) is 0. The van der Waals surface area contributed by atoms with Gasteiger partial charge < -0.3 is 9.47 Å². The van der Waals surface area contributed by atoms with Crippen molar-refractivity contribution in [3.8, 4) is 50.2 Å². The summed E-state index contributed by atoms with van der Waals surface area (Å²) in [4.78, 5) is 2.40. The molecule has 0 aliphatic rings. The van der Waals surface area contributed by atoms with Crippen LogP contribution in [0.2, 0.25) is 0 Å². The van der Waals surface area contributed by atoms with E-state index in [1.165, 1.54) is 82.8 Å². The van der Waals surface area contributed by atoms with Gasteiger partial charge >= 0.3 is 0 Å². The molecule has 10 aromatic carbocycles. The topological polar surface area (TPSA) is 8.17 Å². The Morgan fingerprint density at radius 2 is 0.783 bits per heavy atom. The zero-order valence-corrected chi connectivity index (χ0v) is 33.0. The van der Waals surface area contributed by atoms with Crippen LogP contribution in [0, 0.1) is 0 Å². The average molecular weight is 765 g/mol. The maximum Gasteiger partial charge on any atom is 0.0541 e. The minimum atomic E-state index is 1.09. The zero-order valence-electron chi connectivity index (χ0n) is 33.0. The summed E-state index contributed by atoms with van der Waals surface area (Å²) >= 11 is 0. The summed E-state index contributed by atoms with van der Waals surface area (Å²) in [5, 5.41) is 5.00. The van der Waals surface area contributed by atoms with E-state index in [1.807, 2.05) is 0 Å². The molecule has 282 valence electrons. The third-order valence-electron chi connectivity index (χ3n) is 11.8. The van der Waals surface area contributed by atoms with Crippen molar-refractivity contribution in [2.45, 2.75) is 0 Å². The molecule has 0 unspecified atom stereocenters. The summed E-state index contributed by atoms with van der Waals surface area (Å²) in [6.45, 7) is 0. The molecule has 0 saturated heterocycles. The Balaban J connectivity index is 0.984. The molecule has 60 heavy (non-hydrogen) atoms. The summed E-state index contributed by atoms with van der Waals surface area (Å²) in [6.07, 6.45) is 0. The average Bonchev–Trinajstić information content (AvgIpc) is 3.67. The Hall–Kier alpha value is -7.94. The van der Waals surface area contributed by atoms with Crippen LogP contribution in [0.15, 0.2) is 243 Å². The number of nitrogens with zero attached hydrogens (tertiary/aromatic N) is 2. The van der Waals surface area contributed by atoms with Crippen molar-refractivity contribution >= 4 is 49.6 Å². The molecule has 0 atom stereocenters. The lowest BCUT2D eigenvalue weighted by atomic mass is 9.95. The van der Waals surface area contributed by atoms with Gasteiger partial charge in [-0.1, -0.05) is 194 Å². The molecule has 0 bridgehead atoms. The Labute approximate surface area is 350 Å². The predicted octanol–water partition coefficient (Wildman–Crippen LogP) is 16.1. The Kier molecular flexibility index (Phi) is 8.87. The second-order valence-corrected chi connectivity index (χ2v) is 15.3. The van der Waals surface area contributed by atoms with Crippen LogP contribution in [0.1, 0.15) is 0 Å². The molecule has 0 aliphatic carbocycles. The van der Waals surface area contributed by atoms with Crippen molar-refractivity contribution in [2.75, 3.05) is 4.90 Å². The van der Waals surface area contributed by atoms with Gasteiger partial charge in [-0.25, -0.2) is 0 Å². The van der Waals surface area contributed by atoms with Gasteiger partial charge in [-0.3, -0.25) is 0 Å². The van der Waals surface area contributed by atoms with Gasteiger partial charge in [0.25, 0.3) is 0 Å². The molecular weight excluding hydrogens is 725 g/mol. The van der Waals surface area contributed by atoms with E-state index in [2.05, 4.69) is 252 Å². The minimum absolute atomic E-state index is 1.09. The Morgan fingerprint density at radius 3 is 1.53 bits per heavy atom. The first-order valence-corrected chi connectivity index (χ1v) is 20.6. The smallest absolute Gasteiger partial charge is 0.0541 e. The number of fused-ring (bicyclic) bond motifs is 4. The first kappa shape index (κ1) is 35.2. The van der Waals surface area contributed by atoms with Crippen LogP contribution in [0.5, 0.6) is 0 Å². The highest BCUT2D eigenvalue weighted by Crippen LogP contribution is 2.44. The van der Waals surface area contributed by atoms with E-state index in [4.69, 9.17) is 0 Å². The van der Waals surface area contributed by atoms with Crippen molar-refractivity contribution in [1.29, 1.82) is 0 Å². The second-order valence-electron chi connectivity index (χ2n) is 15.3. The minimum Gasteiger partial charge on any atom is -0.310 e. The molecule has 0 amide bonds. The maximum atomic E-state index is 2.41. The van der Waals surface area contributed by atoms with Crippen LogP contribution in [0.25, 0.3) is 82.8 Å². The summed E-state index contributed by atoms with van der Waals surface area (Å²) in [6, 6.07) is 87.8. The van der Waals surface area contributed by atoms with Crippen LogP contribution >= 0.6 is 0 Å². The maximum absolute atomic E-state index is 2.41. The third kappa shape index (κ3) is 6.23. The van der Waals surface area contributed by atoms with Gasteiger partial charge in [-0.15, -0.1) is 0 Å². The highest BCUT2D eigenvalue weighted by atomic mass is 15.1. The molecule has 0 N–H and O–H groups in total. The highest BCUT2D eigenvalue weighted by Gasteiger charge is 2.20. The van der Waals surface area contributed by atoms with Gasteiger partial charge in [0, 0.05) is 33.3 Å². The van der Waals surface area contributed by atoms with E-state index in [-0.39, 0.29) is 0 Å². The van der Waals surface area contributed by atoms with Gasteiger partial charge in [-0.2, -0.15) is 0 Å². The summed E-state index contributed by atoms with van der Waals surface area (Å²) < 4.78 is 2.41. The third-order valence-corrected chi connectivity index (χ3v) is 11.8. The van der Waals surface area contributed by atoms with Crippen molar-refractivity contribution < 1.29 is 0 Å². The van der Waals surface area contributed by atoms with Crippen LogP contribution < -0.4 is 4.90 Å². The van der Waals surface area contributed by atoms with E-state index in [1.54, 1.807) is 0 Å². The van der Waals surface area contributed by atoms with E-state index in [9.17, 15) is 0 Å². The summed E-state index contributed by atoms with van der Waals surface area (Å²) in [7, 11) is 0. The van der Waals surface area contributed by atoms with E-state index < -0.39 is 0 Å². The molecule has 2 heteroatoms. The second kappa shape index (κ2) is 15.1. The SMILES string of the molecule is c1ccc(-c2cccc(N(c3ccc(-c4ccc(-c5ccccc5-n5c6ccccc6c6ccccc65)cc4)cc3)c3ccccc3-c3cccc4ccccc34)c2)cc1. The van der Waals surface area contributed by atoms with Gasteiger partial charge in [-0.05, 0) is 92.7 Å². The van der Waals surface area contributed by atoms with Crippen LogP contribution in [0.4, 0.5) is 17.1 Å². The lowest BCUT2D eigenvalue weighted by Gasteiger charge is -2.29. The van der Waals surface area contributed by atoms with Crippen LogP contribution in [0.3, 0.4) is 0 Å². The Bertz CT molecular complexity index is 3240. The zero-order chi connectivity index (χ0) is 39.8. The van der Waals surface area contributed by atoms with Crippen molar-refractivity contribution in [3.05, 3.63) is 243 Å². The first-order chi connectivity index (χ1) is 29.8. The number of anilines is 3. The van der Waals surface area contributed by atoms with Crippen molar-refractivity contribution in [3.63, 3.8) is 0 Å². The fourth-order valence-electron chi connectivity index (χ4n) is 8.98. The van der Waals surface area contributed by atoms with E-state index in [0.29, 0.717) is 0 Å². The molecule has 0 aliphatic heterocycles. The highest BCUT2D eigenvalue weighted by molar-refractivity contribution is 6.10. The van der Waals surface area contributed by atoms with Gasteiger partial charge in [0.1, 0.15) is 0 Å². The lowest BCUT2D eigenvalue weighted by Crippen LogP contribution is -2.11. The molecule has 11 rings (SSSR count). The quantitative estimate of drug-likeness (QED) is 0.150. The summed E-state index contributed by atoms with van der Waals surface area (Å²) in [5.41, 5.74) is 16.4. The molecule has 0 saturated carbocycles. The van der Waals surface area contributed by atoms with Gasteiger partial charge in [0.15, 0.2) is 0 Å². The summed E-state index contributed by atoms with van der Waals surface area (Å²) in [5.74, 6) is 0. The number of aromatic nitrogens is 1. The van der Waals surface area contributed by atoms with Crippen LogP contribution in [-0.2, 0) is 0 Å². The first-order valence-electron chi connectivity index (χ1n) is 20.6. The molecule has 1 aromatic heterocycles. The fourth-order valence-corrected chi connectivity index (χ4v) is 8.98. The number of rotatable bonds is 8. The molecule has 0 spiro atoms. The molecular formula is C58H40N2. The van der Waals surface area contributed by atoms with E-state index >= 15 is 0 Å². The van der Waals surface area contributed by atoms with Crippen molar-refractivity contribution in [1.82, 2.24) is 4.57 Å². The number of benzene rings is 10. The monoisotopic (exact) mass is 764 g/mol. The van der Waals surface area contributed by atoms with Crippen molar-refractivity contribution in [2.24, 2.45) is 0 Å². The molecule has 0 radical (unpaired) electrons. The van der Waals surface area contributed by atoms with Crippen LogP contribution in [-0.4, -0.2) is 4.57 Å². The Morgan fingerprint density at radius 1 is 0.283 bits per heavy atom. The van der Waals surface area contributed by atoms with Gasteiger partial charge in [0.05, 0.1) is 22.4 Å². The van der Waals surface area contributed by atoms with E-state index in [0.717, 1.165) is 17.1 Å². The molecule has 1 heterocycles. The predicted molar refractivity (Wildman–Crippen MR) is 255 cm³/mol. The molecule has 2 nitrogen and oxygen atoms in total. The largest absolute Gasteiger partial charge is 0.310 e. The lowest BCUT2D eigenvalue weighted by molar-refractivity contribution is 1.18. The number of para-hydroxylation sites is 4. The number of hydrogen-bond acceptors (Lipinski definition) is 1. The molecule has 0 fully saturated rings. The molecule has 11 aromatic rings. The van der Waals surface area contributed by atoms with Gasteiger partial charge in [0.2, 0.25) is 0 Å². The normalized spacial score (nSPS) is 11.3. The fraction of sp³-hybridized carbons (Fsp3) is 0. The standard InChI is InChI=1S/C58H40N2/c1-2-16-41(17-3-1)46-20-14-21-48(40-46)59(56-29-11-7-24-52(56)51-27-15-19-44-18-4-5-22-49(44)51)47-38-36-43(37-39-47)42-32-34-45(35-33-42)50-23-6-10-28-55(50)60-57-30-12-8-25-53(57)54-26-9-13-31-58(54)60/h1-40H.